The maximum absolute atomic E-state index is 13.0. The van der Waals surface area contributed by atoms with Gasteiger partial charge in [0, 0.05) is 25.7 Å². The molecule has 2 aliphatic heterocycles. The van der Waals surface area contributed by atoms with E-state index in [1.807, 2.05) is 48.5 Å². The second kappa shape index (κ2) is 9.11. The van der Waals surface area contributed by atoms with E-state index in [0.29, 0.717) is 31.5 Å². The number of nitrogens with zero attached hydrogens (tertiary/aromatic N) is 2. The van der Waals surface area contributed by atoms with Crippen LogP contribution in [-0.4, -0.2) is 53.3 Å². The van der Waals surface area contributed by atoms with Gasteiger partial charge in [-0.2, -0.15) is 0 Å². The van der Waals surface area contributed by atoms with E-state index < -0.39 is 4.93 Å². The first kappa shape index (κ1) is 21.4. The number of rotatable bonds is 5. The van der Waals surface area contributed by atoms with E-state index in [1.165, 1.54) is 7.05 Å². The molecule has 2 heterocycles. The number of hydrogen-bond acceptors (Lipinski definition) is 6. The van der Waals surface area contributed by atoms with Crippen LogP contribution in [0.1, 0.15) is 24.0 Å². The molecule has 0 spiro atoms. The molecule has 0 radical (unpaired) electrons. The fraction of sp³-hybridized carbons (Fsp3) is 0.348. The second-order valence-corrected chi connectivity index (χ2v) is 8.69. The molecule has 2 fully saturated rings. The van der Waals surface area contributed by atoms with Crippen molar-refractivity contribution >= 4 is 29.0 Å². The van der Waals surface area contributed by atoms with Crippen LogP contribution < -0.4 is 0 Å². The van der Waals surface area contributed by atoms with Crippen LogP contribution >= 0.6 is 11.8 Å². The van der Waals surface area contributed by atoms with Crippen molar-refractivity contribution in [2.75, 3.05) is 20.1 Å². The molecule has 2 saturated heterocycles. The molecular weight excluding hydrogens is 416 g/mol. The van der Waals surface area contributed by atoms with Gasteiger partial charge in [-0.1, -0.05) is 60.7 Å². The number of benzene rings is 2. The summed E-state index contributed by atoms with van der Waals surface area (Å²) in [6.07, 6.45) is 0.497. The van der Waals surface area contributed by atoms with Gasteiger partial charge < -0.3 is 14.4 Å². The maximum atomic E-state index is 13.0. The van der Waals surface area contributed by atoms with E-state index in [2.05, 4.69) is 0 Å². The minimum absolute atomic E-state index is 0.229. The van der Waals surface area contributed by atoms with Crippen LogP contribution in [0.3, 0.4) is 0 Å². The Kier molecular flexibility index (Phi) is 6.29. The number of likely N-dealkylation sites (tertiary alicyclic amines) is 1. The van der Waals surface area contributed by atoms with Crippen LogP contribution in [-0.2, 0) is 25.8 Å². The average molecular weight is 441 g/mol. The van der Waals surface area contributed by atoms with Gasteiger partial charge >= 0.3 is 6.09 Å². The van der Waals surface area contributed by atoms with Gasteiger partial charge in [0.25, 0.3) is 11.1 Å². The standard InChI is InChI=1S/C23H24N2O5S/c1-24-20(26)23(31-22(24)28,18-10-6-3-7-11-18)30-19-12-14-25(15-13-19)21(27)29-16-17-8-4-2-5-9-17/h2-11,19H,12-16H2,1H3. The van der Waals surface area contributed by atoms with Crippen molar-refractivity contribution in [1.82, 2.24) is 9.80 Å². The minimum Gasteiger partial charge on any atom is -0.445 e. The van der Waals surface area contributed by atoms with Gasteiger partial charge in [-0.25, -0.2) is 4.79 Å². The molecule has 0 N–H and O–H groups in total. The zero-order valence-corrected chi connectivity index (χ0v) is 18.0. The number of thioether (sulfide) groups is 1. The lowest BCUT2D eigenvalue weighted by atomic mass is 10.0. The fourth-order valence-electron chi connectivity index (χ4n) is 3.72. The Bertz CT molecular complexity index is 947. The third-order valence-electron chi connectivity index (χ3n) is 5.48. The Labute approximate surface area is 185 Å². The van der Waals surface area contributed by atoms with Gasteiger partial charge in [0.2, 0.25) is 4.93 Å². The van der Waals surface area contributed by atoms with Crippen LogP contribution in [0.4, 0.5) is 9.59 Å². The third-order valence-corrected chi connectivity index (χ3v) is 6.73. The lowest BCUT2D eigenvalue weighted by molar-refractivity contribution is -0.149. The number of imide groups is 1. The topological polar surface area (TPSA) is 76.2 Å². The number of carbonyl (C=O) groups is 3. The normalized spacial score (nSPS) is 22.1. The summed E-state index contributed by atoms with van der Waals surface area (Å²) in [6.45, 7) is 1.16. The quantitative estimate of drug-likeness (QED) is 0.700. The van der Waals surface area contributed by atoms with Gasteiger partial charge in [0.1, 0.15) is 6.61 Å². The van der Waals surface area contributed by atoms with Crippen molar-refractivity contribution in [3.63, 3.8) is 0 Å². The van der Waals surface area contributed by atoms with Gasteiger partial charge in [-0.3, -0.25) is 14.5 Å². The predicted octanol–water partition coefficient (Wildman–Crippen LogP) is 3.98. The smallest absolute Gasteiger partial charge is 0.410 e. The number of hydrogen-bond donors (Lipinski definition) is 0. The monoisotopic (exact) mass is 440 g/mol. The molecule has 2 aliphatic rings. The molecule has 0 saturated carbocycles. The lowest BCUT2D eigenvalue weighted by Gasteiger charge is -2.36. The number of amides is 3. The average Bonchev–Trinajstić information content (AvgIpc) is 3.03. The Balaban J connectivity index is 1.38. The molecule has 7 nitrogen and oxygen atoms in total. The molecule has 4 rings (SSSR count). The fourth-order valence-corrected chi connectivity index (χ4v) is 4.85. The Hall–Kier alpha value is -2.84. The van der Waals surface area contributed by atoms with Gasteiger partial charge in [0.15, 0.2) is 0 Å². The zero-order chi connectivity index (χ0) is 21.8. The molecule has 0 aliphatic carbocycles. The third kappa shape index (κ3) is 4.45. The molecule has 8 heteroatoms. The first-order chi connectivity index (χ1) is 15.0. The molecule has 2 aromatic carbocycles. The minimum atomic E-state index is -1.38. The van der Waals surface area contributed by atoms with Crippen LogP contribution in [0.25, 0.3) is 0 Å². The Morgan fingerprint density at radius 2 is 1.65 bits per heavy atom. The predicted molar refractivity (Wildman–Crippen MR) is 116 cm³/mol. The van der Waals surface area contributed by atoms with Crippen LogP contribution in [0.15, 0.2) is 60.7 Å². The highest BCUT2D eigenvalue weighted by molar-refractivity contribution is 8.15. The van der Waals surface area contributed by atoms with Crippen molar-refractivity contribution in [2.24, 2.45) is 0 Å². The van der Waals surface area contributed by atoms with Crippen molar-refractivity contribution in [1.29, 1.82) is 0 Å². The number of ether oxygens (including phenoxy) is 2. The van der Waals surface area contributed by atoms with Gasteiger partial charge in [0.05, 0.1) is 6.10 Å². The highest BCUT2D eigenvalue weighted by Gasteiger charge is 2.55. The summed E-state index contributed by atoms with van der Waals surface area (Å²) in [6, 6.07) is 18.6. The molecule has 3 amide bonds. The van der Waals surface area contributed by atoms with E-state index in [9.17, 15) is 14.4 Å². The van der Waals surface area contributed by atoms with Crippen LogP contribution in [0.2, 0.25) is 0 Å². The second-order valence-electron chi connectivity index (χ2n) is 7.56. The summed E-state index contributed by atoms with van der Waals surface area (Å²) in [5, 5.41) is -0.337. The summed E-state index contributed by atoms with van der Waals surface area (Å²) in [4.78, 5) is 39.0. The molecule has 31 heavy (non-hydrogen) atoms. The molecule has 0 bridgehead atoms. The number of piperidine rings is 1. The summed E-state index contributed by atoms with van der Waals surface area (Å²) < 4.78 is 11.7. The van der Waals surface area contributed by atoms with E-state index in [1.54, 1.807) is 17.0 Å². The molecule has 1 atom stereocenters. The van der Waals surface area contributed by atoms with Crippen LogP contribution in [0, 0.1) is 0 Å². The van der Waals surface area contributed by atoms with E-state index >= 15 is 0 Å². The molecule has 1 unspecified atom stereocenters. The van der Waals surface area contributed by atoms with Crippen molar-refractivity contribution < 1.29 is 23.9 Å². The highest BCUT2D eigenvalue weighted by atomic mass is 32.2. The molecule has 2 aromatic rings. The van der Waals surface area contributed by atoms with Crippen LogP contribution in [0.5, 0.6) is 0 Å². The zero-order valence-electron chi connectivity index (χ0n) is 17.2. The van der Waals surface area contributed by atoms with Crippen molar-refractivity contribution in [3.05, 3.63) is 71.8 Å². The summed E-state index contributed by atoms with van der Waals surface area (Å²) in [5.41, 5.74) is 1.58. The Morgan fingerprint density at radius 3 is 2.23 bits per heavy atom. The first-order valence-corrected chi connectivity index (χ1v) is 11.0. The van der Waals surface area contributed by atoms with Crippen molar-refractivity contribution in [3.8, 4) is 0 Å². The lowest BCUT2D eigenvalue weighted by Crippen LogP contribution is -2.45. The van der Waals surface area contributed by atoms with Gasteiger partial charge in [-0.05, 0) is 30.2 Å². The van der Waals surface area contributed by atoms with E-state index in [0.717, 1.165) is 22.2 Å². The SMILES string of the molecule is CN1C(=O)SC(OC2CCN(C(=O)OCc3ccccc3)CC2)(c2ccccc2)C1=O. The summed E-state index contributed by atoms with van der Waals surface area (Å²) in [7, 11) is 1.47. The summed E-state index contributed by atoms with van der Waals surface area (Å²) >= 11 is 0.899. The molecule has 0 aromatic heterocycles. The summed E-state index contributed by atoms with van der Waals surface area (Å²) in [5.74, 6) is -0.376. The highest BCUT2D eigenvalue weighted by Crippen LogP contribution is 2.47. The maximum Gasteiger partial charge on any atom is 0.410 e. The van der Waals surface area contributed by atoms with E-state index in [-0.39, 0.29) is 30.0 Å². The molecule has 162 valence electrons. The van der Waals surface area contributed by atoms with Crippen molar-refractivity contribution in [2.45, 2.75) is 30.5 Å². The van der Waals surface area contributed by atoms with E-state index in [4.69, 9.17) is 9.47 Å². The van der Waals surface area contributed by atoms with Gasteiger partial charge in [-0.15, -0.1) is 0 Å². The Morgan fingerprint density at radius 1 is 1.03 bits per heavy atom. The first-order valence-electron chi connectivity index (χ1n) is 10.2. The number of likely N-dealkylation sites (N-methyl/N-ethyl adjacent to an activating group) is 1. The number of carbonyl (C=O) groups excluding carboxylic acids is 3. The largest absolute Gasteiger partial charge is 0.445 e. The molecular formula is C23H24N2O5S.